The monoisotopic (exact) mass is 304 g/mol. The maximum Gasteiger partial charge on any atom is 0.308 e. The second-order valence-electron chi connectivity index (χ2n) is 6.34. The van der Waals surface area contributed by atoms with Crippen LogP contribution in [-0.2, 0) is 14.9 Å². The second-order valence-corrected chi connectivity index (χ2v) is 6.34. The Kier molecular flexibility index (Phi) is 5.49. The van der Waals surface area contributed by atoms with Crippen LogP contribution in [0.1, 0.15) is 57.1 Å². The Morgan fingerprint density at radius 1 is 1.27 bits per heavy atom. The van der Waals surface area contributed by atoms with Crippen LogP contribution in [0.2, 0.25) is 0 Å². The zero-order valence-electron chi connectivity index (χ0n) is 14.3. The maximum atomic E-state index is 11.9. The van der Waals surface area contributed by atoms with Crippen LogP contribution in [0.5, 0.6) is 5.75 Å². The van der Waals surface area contributed by atoms with Crippen molar-refractivity contribution in [2.45, 2.75) is 58.3 Å². The molecule has 0 radical (unpaired) electrons. The SMILES string of the molecule is CCOC(=O)C1CCC(CC)(c2ccc(OC)c(C)c2)CC1. The number of aryl methyl sites for hydroxylation is 1. The Hall–Kier alpha value is -1.51. The minimum atomic E-state index is -0.0156. The number of rotatable bonds is 5. The van der Waals surface area contributed by atoms with Gasteiger partial charge in [-0.25, -0.2) is 0 Å². The normalized spacial score (nSPS) is 24.8. The summed E-state index contributed by atoms with van der Waals surface area (Å²) in [6.45, 7) is 6.70. The van der Waals surface area contributed by atoms with E-state index in [1.807, 2.05) is 6.92 Å². The minimum Gasteiger partial charge on any atom is -0.496 e. The zero-order valence-corrected chi connectivity index (χ0v) is 14.3. The third kappa shape index (κ3) is 3.29. The first-order valence-electron chi connectivity index (χ1n) is 8.38. The Morgan fingerprint density at radius 2 is 1.95 bits per heavy atom. The number of carbonyl (C=O) groups excluding carboxylic acids is 1. The summed E-state index contributed by atoms with van der Waals surface area (Å²) in [5, 5.41) is 0. The second kappa shape index (κ2) is 7.17. The van der Waals surface area contributed by atoms with E-state index in [1.54, 1.807) is 7.11 Å². The third-order valence-corrected chi connectivity index (χ3v) is 5.25. The molecule has 1 aliphatic carbocycles. The smallest absolute Gasteiger partial charge is 0.308 e. The quantitative estimate of drug-likeness (QED) is 0.756. The molecule has 0 N–H and O–H groups in total. The lowest BCUT2D eigenvalue weighted by molar-refractivity contribution is -0.149. The highest BCUT2D eigenvalue weighted by Gasteiger charge is 2.38. The van der Waals surface area contributed by atoms with E-state index in [4.69, 9.17) is 9.47 Å². The molecule has 1 saturated carbocycles. The molecule has 122 valence electrons. The molecule has 22 heavy (non-hydrogen) atoms. The van der Waals surface area contributed by atoms with Crippen molar-refractivity contribution in [3.63, 3.8) is 0 Å². The Morgan fingerprint density at radius 3 is 2.45 bits per heavy atom. The van der Waals surface area contributed by atoms with Crippen molar-refractivity contribution < 1.29 is 14.3 Å². The van der Waals surface area contributed by atoms with Crippen LogP contribution < -0.4 is 4.74 Å². The summed E-state index contributed by atoms with van der Waals surface area (Å²) in [7, 11) is 1.71. The molecule has 0 amide bonds. The lowest BCUT2D eigenvalue weighted by Crippen LogP contribution is -2.34. The van der Waals surface area contributed by atoms with Gasteiger partial charge in [0.1, 0.15) is 5.75 Å². The molecule has 0 aliphatic heterocycles. The fraction of sp³-hybridized carbons (Fsp3) is 0.632. The van der Waals surface area contributed by atoms with Crippen molar-refractivity contribution in [2.75, 3.05) is 13.7 Å². The number of hydrogen-bond acceptors (Lipinski definition) is 3. The van der Waals surface area contributed by atoms with E-state index in [1.165, 1.54) is 11.1 Å². The van der Waals surface area contributed by atoms with Crippen LogP contribution >= 0.6 is 0 Å². The van der Waals surface area contributed by atoms with E-state index in [9.17, 15) is 4.79 Å². The van der Waals surface area contributed by atoms with Gasteiger partial charge in [-0.15, -0.1) is 0 Å². The first kappa shape index (κ1) is 16.9. The van der Waals surface area contributed by atoms with Crippen LogP contribution in [0.15, 0.2) is 18.2 Å². The summed E-state index contributed by atoms with van der Waals surface area (Å²) in [6, 6.07) is 6.52. The zero-order chi connectivity index (χ0) is 16.2. The van der Waals surface area contributed by atoms with Crippen molar-refractivity contribution >= 4 is 5.97 Å². The lowest BCUT2D eigenvalue weighted by Gasteiger charge is -2.39. The molecule has 1 aromatic rings. The summed E-state index contributed by atoms with van der Waals surface area (Å²) in [5.74, 6) is 1.01. The molecule has 3 nitrogen and oxygen atoms in total. The average molecular weight is 304 g/mol. The fourth-order valence-corrected chi connectivity index (χ4v) is 3.72. The lowest BCUT2D eigenvalue weighted by atomic mass is 9.65. The van der Waals surface area contributed by atoms with E-state index in [2.05, 4.69) is 32.0 Å². The largest absolute Gasteiger partial charge is 0.496 e. The Labute approximate surface area is 134 Å². The number of ether oxygens (including phenoxy) is 2. The van der Waals surface area contributed by atoms with Crippen LogP contribution in [0, 0.1) is 12.8 Å². The van der Waals surface area contributed by atoms with Gasteiger partial charge < -0.3 is 9.47 Å². The topological polar surface area (TPSA) is 35.5 Å². The van der Waals surface area contributed by atoms with Crippen molar-refractivity contribution in [2.24, 2.45) is 5.92 Å². The van der Waals surface area contributed by atoms with Crippen LogP contribution in [0.25, 0.3) is 0 Å². The number of carbonyl (C=O) groups is 1. The summed E-state index contributed by atoms with van der Waals surface area (Å²) < 4.78 is 10.6. The summed E-state index contributed by atoms with van der Waals surface area (Å²) in [4.78, 5) is 11.9. The van der Waals surface area contributed by atoms with Crippen LogP contribution in [-0.4, -0.2) is 19.7 Å². The van der Waals surface area contributed by atoms with Gasteiger partial charge in [-0.05, 0) is 68.6 Å². The molecular formula is C19H28O3. The van der Waals surface area contributed by atoms with Crippen LogP contribution in [0.3, 0.4) is 0 Å². The van der Waals surface area contributed by atoms with Crippen molar-refractivity contribution in [1.82, 2.24) is 0 Å². The standard InChI is InChI=1S/C19H28O3/c1-5-19(16-7-8-17(21-4)14(3)13-16)11-9-15(10-12-19)18(20)22-6-2/h7-8,13,15H,5-6,9-12H2,1-4H3. The first-order valence-corrected chi connectivity index (χ1v) is 8.38. The van der Waals surface area contributed by atoms with Gasteiger partial charge in [0.25, 0.3) is 0 Å². The molecule has 1 aromatic carbocycles. The van der Waals surface area contributed by atoms with Crippen molar-refractivity contribution in [3.8, 4) is 5.75 Å². The van der Waals surface area contributed by atoms with Crippen molar-refractivity contribution in [1.29, 1.82) is 0 Å². The molecule has 0 atom stereocenters. The van der Waals surface area contributed by atoms with Gasteiger partial charge in [0.2, 0.25) is 0 Å². The highest BCUT2D eigenvalue weighted by molar-refractivity contribution is 5.72. The molecule has 1 fully saturated rings. The molecule has 0 spiro atoms. The predicted octanol–water partition coefficient (Wildman–Crippen LogP) is 4.40. The third-order valence-electron chi connectivity index (χ3n) is 5.25. The number of hydrogen-bond donors (Lipinski definition) is 0. The summed E-state index contributed by atoms with van der Waals surface area (Å²) >= 11 is 0. The van der Waals surface area contributed by atoms with Gasteiger partial charge in [-0.3, -0.25) is 4.79 Å². The molecule has 0 saturated heterocycles. The maximum absolute atomic E-state index is 11.9. The molecule has 1 aliphatic rings. The first-order chi connectivity index (χ1) is 10.6. The van der Waals surface area contributed by atoms with Gasteiger partial charge >= 0.3 is 5.97 Å². The molecule has 0 unspecified atom stereocenters. The molecule has 3 heteroatoms. The van der Waals surface area contributed by atoms with E-state index >= 15 is 0 Å². The number of esters is 1. The molecule has 2 rings (SSSR count). The average Bonchev–Trinajstić information content (AvgIpc) is 2.55. The highest BCUT2D eigenvalue weighted by atomic mass is 16.5. The molecule has 0 heterocycles. The molecule has 0 aromatic heterocycles. The van der Waals surface area contributed by atoms with Crippen LogP contribution in [0.4, 0.5) is 0 Å². The minimum absolute atomic E-state index is 0.0156. The van der Waals surface area contributed by atoms with E-state index < -0.39 is 0 Å². The van der Waals surface area contributed by atoms with E-state index in [-0.39, 0.29) is 17.3 Å². The number of methoxy groups -OCH3 is 1. The van der Waals surface area contributed by atoms with E-state index in [0.717, 1.165) is 37.9 Å². The van der Waals surface area contributed by atoms with Gasteiger partial charge in [0, 0.05) is 0 Å². The Bertz CT molecular complexity index is 513. The molecular weight excluding hydrogens is 276 g/mol. The number of benzene rings is 1. The summed E-state index contributed by atoms with van der Waals surface area (Å²) in [5.41, 5.74) is 2.76. The highest BCUT2D eigenvalue weighted by Crippen LogP contribution is 2.45. The van der Waals surface area contributed by atoms with Gasteiger partial charge in [-0.1, -0.05) is 19.1 Å². The predicted molar refractivity (Wildman–Crippen MR) is 88.3 cm³/mol. The van der Waals surface area contributed by atoms with Gasteiger partial charge in [0.15, 0.2) is 0 Å². The molecule has 0 bridgehead atoms. The summed E-state index contributed by atoms with van der Waals surface area (Å²) in [6.07, 6.45) is 5.07. The van der Waals surface area contributed by atoms with Gasteiger partial charge in [-0.2, -0.15) is 0 Å². The van der Waals surface area contributed by atoms with Gasteiger partial charge in [0.05, 0.1) is 19.6 Å². The fourth-order valence-electron chi connectivity index (χ4n) is 3.72. The Balaban J connectivity index is 2.15. The van der Waals surface area contributed by atoms with E-state index in [0.29, 0.717) is 6.61 Å². The van der Waals surface area contributed by atoms with Crippen molar-refractivity contribution in [3.05, 3.63) is 29.3 Å².